The quantitative estimate of drug-likeness (QED) is 0.790. The summed E-state index contributed by atoms with van der Waals surface area (Å²) in [6, 6.07) is 16.6. The van der Waals surface area contributed by atoms with Gasteiger partial charge in [0.1, 0.15) is 13.1 Å². The highest BCUT2D eigenvalue weighted by molar-refractivity contribution is 6.34. The predicted molar refractivity (Wildman–Crippen MR) is 97.5 cm³/mol. The van der Waals surface area contributed by atoms with Crippen LogP contribution >= 0.6 is 23.2 Å². The number of halogens is 2. The molecule has 2 N–H and O–H groups in total. The molecule has 0 saturated carbocycles. The minimum absolute atomic E-state index is 0.605. The van der Waals surface area contributed by atoms with E-state index in [0.717, 1.165) is 37.2 Å². The molecule has 2 aromatic rings. The lowest BCUT2D eigenvalue weighted by Crippen LogP contribution is -2.44. The van der Waals surface area contributed by atoms with Crippen LogP contribution in [-0.4, -0.2) is 24.1 Å². The van der Waals surface area contributed by atoms with Crippen LogP contribution in [0.25, 0.3) is 0 Å². The number of hydrogen-bond donors (Lipinski definition) is 1. The van der Waals surface area contributed by atoms with Crippen molar-refractivity contribution in [3.05, 3.63) is 69.7 Å². The van der Waals surface area contributed by atoms with E-state index in [-0.39, 0.29) is 0 Å². The van der Waals surface area contributed by atoms with Crippen LogP contribution in [0.15, 0.2) is 48.5 Å². The van der Waals surface area contributed by atoms with Gasteiger partial charge in [0.2, 0.25) is 0 Å². The van der Waals surface area contributed by atoms with E-state index in [4.69, 9.17) is 28.9 Å². The maximum atomic E-state index is 6.19. The number of quaternary nitrogens is 1. The Morgan fingerprint density at radius 2 is 1.61 bits per heavy atom. The normalized spacial score (nSPS) is 24.0. The smallest absolute Gasteiger partial charge is 0.105 e. The fraction of sp³-hybridized carbons (Fsp3) is 0.368. The van der Waals surface area contributed by atoms with Gasteiger partial charge in [-0.15, -0.1) is 0 Å². The molecule has 1 unspecified atom stereocenters. The Kier molecular flexibility index (Phi) is 5.27. The molecule has 122 valence electrons. The molecule has 1 fully saturated rings. The van der Waals surface area contributed by atoms with Crippen molar-refractivity contribution in [2.24, 2.45) is 11.7 Å². The number of benzene rings is 2. The highest BCUT2D eigenvalue weighted by atomic mass is 35.5. The van der Waals surface area contributed by atoms with E-state index in [1.807, 2.05) is 12.1 Å². The standard InChI is InChI=1S/C19H23Cl2N2/c20-18-8-17(9-19(21)10-18)14-23(7-6-16(11-22)13-23)12-15-4-2-1-3-5-15/h1-5,8-10,16H,6-7,11-14,22H2/q+1/t16-,23?/m1/s1. The van der Waals surface area contributed by atoms with Gasteiger partial charge in [0.15, 0.2) is 0 Å². The number of likely N-dealkylation sites (tertiary alicyclic amines) is 1. The van der Waals surface area contributed by atoms with Crippen LogP contribution in [0.2, 0.25) is 10.0 Å². The summed E-state index contributed by atoms with van der Waals surface area (Å²) in [7, 11) is 0. The van der Waals surface area contributed by atoms with Crippen LogP contribution in [0.5, 0.6) is 0 Å². The molecule has 0 radical (unpaired) electrons. The van der Waals surface area contributed by atoms with Gasteiger partial charge in [0.25, 0.3) is 0 Å². The summed E-state index contributed by atoms with van der Waals surface area (Å²) in [6.07, 6.45) is 1.19. The molecule has 3 rings (SSSR count). The molecular formula is C19H23Cl2N2+. The van der Waals surface area contributed by atoms with Crippen LogP contribution in [0.3, 0.4) is 0 Å². The average molecular weight is 350 g/mol. The summed E-state index contributed by atoms with van der Waals surface area (Å²) in [5.74, 6) is 0.605. The minimum Gasteiger partial charge on any atom is -0.330 e. The first-order valence-electron chi connectivity index (χ1n) is 8.13. The zero-order chi connectivity index (χ0) is 16.3. The minimum atomic E-state index is 0.605. The van der Waals surface area contributed by atoms with Gasteiger partial charge in [0, 0.05) is 40.1 Å². The SMILES string of the molecule is NC[C@H]1CC[N+](Cc2ccccc2)(Cc2cc(Cl)cc(Cl)c2)C1. The molecule has 0 amide bonds. The monoisotopic (exact) mass is 349 g/mol. The van der Waals surface area contributed by atoms with E-state index >= 15 is 0 Å². The van der Waals surface area contributed by atoms with Crippen LogP contribution in [0, 0.1) is 5.92 Å². The molecule has 2 nitrogen and oxygen atoms in total. The summed E-state index contributed by atoms with van der Waals surface area (Å²) in [4.78, 5) is 0. The number of rotatable bonds is 5. The Morgan fingerprint density at radius 3 is 2.22 bits per heavy atom. The highest BCUT2D eigenvalue weighted by Gasteiger charge is 2.37. The largest absolute Gasteiger partial charge is 0.330 e. The van der Waals surface area contributed by atoms with Gasteiger partial charge in [-0.25, -0.2) is 0 Å². The second kappa shape index (κ2) is 7.23. The Bertz CT molecular complexity index is 639. The topological polar surface area (TPSA) is 26.0 Å². The second-order valence-corrected chi connectivity index (χ2v) is 7.59. The molecule has 2 atom stereocenters. The molecule has 1 saturated heterocycles. The summed E-state index contributed by atoms with van der Waals surface area (Å²) in [5, 5.41) is 1.42. The van der Waals surface area contributed by atoms with Crippen molar-refractivity contribution in [1.29, 1.82) is 0 Å². The van der Waals surface area contributed by atoms with Crippen LogP contribution in [-0.2, 0) is 13.1 Å². The molecule has 1 heterocycles. The Balaban J connectivity index is 1.86. The van der Waals surface area contributed by atoms with Crippen molar-refractivity contribution in [2.75, 3.05) is 19.6 Å². The molecule has 4 heteroatoms. The Labute approximate surface area is 148 Å². The fourth-order valence-electron chi connectivity index (χ4n) is 3.78. The zero-order valence-corrected chi connectivity index (χ0v) is 14.7. The van der Waals surface area contributed by atoms with Crippen molar-refractivity contribution < 1.29 is 4.48 Å². The first kappa shape index (κ1) is 16.8. The third-order valence-electron chi connectivity index (χ3n) is 4.79. The van der Waals surface area contributed by atoms with Crippen molar-refractivity contribution in [2.45, 2.75) is 19.5 Å². The third-order valence-corrected chi connectivity index (χ3v) is 5.23. The van der Waals surface area contributed by atoms with E-state index in [9.17, 15) is 0 Å². The molecular weight excluding hydrogens is 327 g/mol. The molecule has 1 aliphatic rings. The lowest BCUT2D eigenvalue weighted by molar-refractivity contribution is -0.943. The lowest BCUT2D eigenvalue weighted by atomic mass is 10.1. The van der Waals surface area contributed by atoms with Crippen molar-refractivity contribution in [3.8, 4) is 0 Å². The zero-order valence-electron chi connectivity index (χ0n) is 13.2. The molecule has 0 aromatic heterocycles. The number of hydrogen-bond acceptors (Lipinski definition) is 1. The predicted octanol–water partition coefficient (Wildman–Crippen LogP) is 4.49. The summed E-state index contributed by atoms with van der Waals surface area (Å²) >= 11 is 12.4. The fourth-order valence-corrected chi connectivity index (χ4v) is 4.35. The molecule has 1 aliphatic heterocycles. The van der Waals surface area contributed by atoms with Gasteiger partial charge in [-0.3, -0.25) is 0 Å². The van der Waals surface area contributed by atoms with Crippen LogP contribution < -0.4 is 5.73 Å². The van der Waals surface area contributed by atoms with E-state index in [1.54, 1.807) is 6.07 Å². The maximum Gasteiger partial charge on any atom is 0.105 e. The Morgan fingerprint density at radius 1 is 0.957 bits per heavy atom. The lowest BCUT2D eigenvalue weighted by Gasteiger charge is -2.35. The van der Waals surface area contributed by atoms with Crippen LogP contribution in [0.4, 0.5) is 0 Å². The van der Waals surface area contributed by atoms with Crippen molar-refractivity contribution in [3.63, 3.8) is 0 Å². The number of nitrogens with zero attached hydrogens (tertiary/aromatic N) is 1. The molecule has 0 bridgehead atoms. The summed E-state index contributed by atoms with van der Waals surface area (Å²) in [6.45, 7) is 5.02. The van der Waals surface area contributed by atoms with E-state index in [0.29, 0.717) is 16.0 Å². The van der Waals surface area contributed by atoms with E-state index in [2.05, 4.69) is 30.3 Å². The third kappa shape index (κ3) is 4.27. The van der Waals surface area contributed by atoms with Gasteiger partial charge >= 0.3 is 0 Å². The molecule has 0 spiro atoms. The first-order chi connectivity index (χ1) is 11.1. The summed E-state index contributed by atoms with van der Waals surface area (Å²) in [5.41, 5.74) is 8.52. The van der Waals surface area contributed by atoms with Gasteiger partial charge in [-0.1, -0.05) is 53.5 Å². The van der Waals surface area contributed by atoms with Gasteiger partial charge in [-0.05, 0) is 18.2 Å². The highest BCUT2D eigenvalue weighted by Crippen LogP contribution is 2.31. The second-order valence-electron chi connectivity index (χ2n) is 6.72. The van der Waals surface area contributed by atoms with Crippen molar-refractivity contribution in [1.82, 2.24) is 0 Å². The Hall–Kier alpha value is -1.06. The van der Waals surface area contributed by atoms with E-state index in [1.165, 1.54) is 17.5 Å². The molecule has 23 heavy (non-hydrogen) atoms. The van der Waals surface area contributed by atoms with Crippen LogP contribution in [0.1, 0.15) is 17.5 Å². The first-order valence-corrected chi connectivity index (χ1v) is 8.88. The van der Waals surface area contributed by atoms with Gasteiger partial charge < -0.3 is 10.2 Å². The average Bonchev–Trinajstić information content (AvgIpc) is 2.90. The molecule has 2 aromatic carbocycles. The summed E-state index contributed by atoms with van der Waals surface area (Å²) < 4.78 is 1.03. The van der Waals surface area contributed by atoms with E-state index < -0.39 is 0 Å². The molecule has 0 aliphatic carbocycles. The van der Waals surface area contributed by atoms with Crippen molar-refractivity contribution >= 4 is 23.2 Å². The maximum absolute atomic E-state index is 6.19. The number of nitrogens with two attached hydrogens (primary N) is 1. The van der Waals surface area contributed by atoms with Gasteiger partial charge in [0.05, 0.1) is 13.1 Å². The van der Waals surface area contributed by atoms with Gasteiger partial charge in [-0.2, -0.15) is 0 Å².